The number of halogens is 2. The Kier molecular flexibility index (Phi) is 4.62. The van der Waals surface area contributed by atoms with Gasteiger partial charge in [-0.2, -0.15) is 0 Å². The highest BCUT2D eigenvalue weighted by atomic mass is 79.9. The number of anilines is 1. The molecule has 2 N–H and O–H groups in total. The van der Waals surface area contributed by atoms with Crippen LogP contribution in [0, 0.1) is 0 Å². The lowest BCUT2D eigenvalue weighted by Gasteiger charge is -2.05. The Balaban J connectivity index is 2.83. The first-order valence-electron chi connectivity index (χ1n) is 4.18. The minimum atomic E-state index is 0.142. The van der Waals surface area contributed by atoms with Gasteiger partial charge >= 0.3 is 0 Å². The standard InChI is InChI=1S/C10H11Br2NO/c11-5-7-1-2-8(10(13)3-7)4-9(14)6-12/h1-3H,4-6,13H2. The number of hydrogen-bond acceptors (Lipinski definition) is 2. The Hall–Kier alpha value is -0.350. The first-order chi connectivity index (χ1) is 6.67. The van der Waals surface area contributed by atoms with E-state index < -0.39 is 0 Å². The molecule has 0 unspecified atom stereocenters. The van der Waals surface area contributed by atoms with Gasteiger partial charge in [-0.25, -0.2) is 0 Å². The largest absolute Gasteiger partial charge is 0.398 e. The highest BCUT2D eigenvalue weighted by molar-refractivity contribution is 9.09. The number of rotatable bonds is 4. The van der Waals surface area contributed by atoms with Gasteiger partial charge in [-0.1, -0.05) is 44.0 Å². The molecule has 76 valence electrons. The fourth-order valence-electron chi connectivity index (χ4n) is 1.15. The fourth-order valence-corrected chi connectivity index (χ4v) is 1.70. The molecule has 14 heavy (non-hydrogen) atoms. The van der Waals surface area contributed by atoms with Crippen LogP contribution in [0.2, 0.25) is 0 Å². The summed E-state index contributed by atoms with van der Waals surface area (Å²) in [5.41, 5.74) is 8.53. The molecular weight excluding hydrogens is 310 g/mol. The average Bonchev–Trinajstić information content (AvgIpc) is 2.20. The molecular formula is C10H11Br2NO. The van der Waals surface area contributed by atoms with Crippen molar-refractivity contribution >= 4 is 43.3 Å². The summed E-state index contributed by atoms with van der Waals surface area (Å²) < 4.78 is 0. The zero-order valence-corrected chi connectivity index (χ0v) is 10.8. The van der Waals surface area contributed by atoms with Crippen LogP contribution in [0.15, 0.2) is 18.2 Å². The van der Waals surface area contributed by atoms with Gasteiger partial charge in [0.25, 0.3) is 0 Å². The Morgan fingerprint density at radius 1 is 1.36 bits per heavy atom. The van der Waals surface area contributed by atoms with E-state index >= 15 is 0 Å². The highest BCUT2D eigenvalue weighted by Crippen LogP contribution is 2.17. The van der Waals surface area contributed by atoms with Gasteiger partial charge in [0.1, 0.15) is 5.78 Å². The van der Waals surface area contributed by atoms with Crippen LogP contribution in [-0.2, 0) is 16.5 Å². The van der Waals surface area contributed by atoms with Crippen LogP contribution in [0.5, 0.6) is 0 Å². The predicted molar refractivity (Wildman–Crippen MR) is 66.0 cm³/mol. The van der Waals surface area contributed by atoms with E-state index in [1.54, 1.807) is 0 Å². The van der Waals surface area contributed by atoms with E-state index in [4.69, 9.17) is 5.73 Å². The Bertz CT molecular complexity index is 339. The number of benzene rings is 1. The molecule has 0 bridgehead atoms. The molecule has 1 aromatic carbocycles. The van der Waals surface area contributed by atoms with Crippen molar-refractivity contribution in [3.63, 3.8) is 0 Å². The van der Waals surface area contributed by atoms with Gasteiger partial charge in [-0.15, -0.1) is 0 Å². The molecule has 0 fully saturated rings. The summed E-state index contributed by atoms with van der Waals surface area (Å²) in [6.45, 7) is 0. The maximum Gasteiger partial charge on any atom is 0.147 e. The van der Waals surface area contributed by atoms with Gasteiger partial charge in [0.2, 0.25) is 0 Å². The predicted octanol–water partition coefficient (Wildman–Crippen LogP) is 2.67. The first-order valence-corrected chi connectivity index (χ1v) is 6.42. The molecule has 0 aromatic heterocycles. The second kappa shape index (κ2) is 5.51. The Morgan fingerprint density at radius 2 is 2.07 bits per heavy atom. The van der Waals surface area contributed by atoms with E-state index in [0.29, 0.717) is 17.4 Å². The van der Waals surface area contributed by atoms with Crippen LogP contribution in [-0.4, -0.2) is 11.1 Å². The SMILES string of the molecule is Nc1cc(CBr)ccc1CC(=O)CBr. The van der Waals surface area contributed by atoms with Crippen molar-refractivity contribution in [1.82, 2.24) is 0 Å². The van der Waals surface area contributed by atoms with Gasteiger partial charge in [0.15, 0.2) is 0 Å². The number of alkyl halides is 2. The molecule has 0 saturated heterocycles. The molecule has 0 amide bonds. The Labute approximate surface area is 100 Å². The number of nitrogen functional groups attached to an aromatic ring is 1. The molecule has 1 aromatic rings. The quantitative estimate of drug-likeness (QED) is 0.684. The van der Waals surface area contributed by atoms with Gasteiger partial charge in [0.05, 0.1) is 5.33 Å². The number of carbonyl (C=O) groups is 1. The van der Waals surface area contributed by atoms with Crippen molar-refractivity contribution in [2.45, 2.75) is 11.8 Å². The molecule has 0 spiro atoms. The average molecular weight is 321 g/mol. The smallest absolute Gasteiger partial charge is 0.147 e. The summed E-state index contributed by atoms with van der Waals surface area (Å²) in [4.78, 5) is 11.2. The zero-order chi connectivity index (χ0) is 10.6. The van der Waals surface area contributed by atoms with Gasteiger partial charge < -0.3 is 5.73 Å². The minimum Gasteiger partial charge on any atom is -0.398 e. The van der Waals surface area contributed by atoms with Crippen LogP contribution < -0.4 is 5.73 Å². The van der Waals surface area contributed by atoms with Crippen LogP contribution in [0.25, 0.3) is 0 Å². The number of ketones is 1. The second-order valence-electron chi connectivity index (χ2n) is 3.02. The number of carbonyl (C=O) groups excluding carboxylic acids is 1. The van der Waals surface area contributed by atoms with Crippen LogP contribution in [0.3, 0.4) is 0 Å². The van der Waals surface area contributed by atoms with Crippen molar-refractivity contribution in [1.29, 1.82) is 0 Å². The van der Waals surface area contributed by atoms with Gasteiger partial charge in [-0.3, -0.25) is 4.79 Å². The monoisotopic (exact) mass is 319 g/mol. The molecule has 0 saturated carbocycles. The molecule has 0 aliphatic rings. The first kappa shape index (κ1) is 11.7. The number of Topliss-reactive ketones (excluding diaryl/α,β-unsaturated/α-hetero) is 1. The lowest BCUT2D eigenvalue weighted by atomic mass is 10.1. The molecule has 2 nitrogen and oxygen atoms in total. The third-order valence-electron chi connectivity index (χ3n) is 1.90. The van der Waals surface area contributed by atoms with E-state index in [9.17, 15) is 4.79 Å². The zero-order valence-electron chi connectivity index (χ0n) is 7.59. The second-order valence-corrected chi connectivity index (χ2v) is 4.14. The lowest BCUT2D eigenvalue weighted by molar-refractivity contribution is -0.115. The molecule has 0 radical (unpaired) electrons. The lowest BCUT2D eigenvalue weighted by Crippen LogP contribution is -2.06. The summed E-state index contributed by atoms with van der Waals surface area (Å²) in [6.07, 6.45) is 0.402. The normalized spacial score (nSPS) is 10.1. The third-order valence-corrected chi connectivity index (χ3v) is 3.17. The van der Waals surface area contributed by atoms with Crippen molar-refractivity contribution in [2.24, 2.45) is 0 Å². The fraction of sp³-hybridized carbons (Fsp3) is 0.300. The van der Waals surface area contributed by atoms with E-state index in [-0.39, 0.29) is 5.78 Å². The van der Waals surface area contributed by atoms with Gasteiger partial charge in [-0.05, 0) is 17.2 Å². The molecule has 0 atom stereocenters. The van der Waals surface area contributed by atoms with E-state index in [1.807, 2.05) is 18.2 Å². The molecule has 1 rings (SSSR count). The van der Waals surface area contributed by atoms with Crippen LogP contribution in [0.4, 0.5) is 5.69 Å². The summed E-state index contributed by atoms with van der Waals surface area (Å²) >= 11 is 6.48. The summed E-state index contributed by atoms with van der Waals surface area (Å²) in [6, 6.07) is 5.78. The Morgan fingerprint density at radius 3 is 2.57 bits per heavy atom. The maximum atomic E-state index is 11.2. The third kappa shape index (κ3) is 3.10. The maximum absolute atomic E-state index is 11.2. The van der Waals surface area contributed by atoms with Crippen molar-refractivity contribution in [3.05, 3.63) is 29.3 Å². The molecule has 4 heteroatoms. The summed E-state index contributed by atoms with van der Waals surface area (Å²) in [5.74, 6) is 0.142. The van der Waals surface area contributed by atoms with Crippen LogP contribution in [0.1, 0.15) is 11.1 Å². The van der Waals surface area contributed by atoms with Crippen molar-refractivity contribution in [3.8, 4) is 0 Å². The number of hydrogen-bond donors (Lipinski definition) is 1. The highest BCUT2D eigenvalue weighted by Gasteiger charge is 2.05. The topological polar surface area (TPSA) is 43.1 Å². The van der Waals surface area contributed by atoms with E-state index in [0.717, 1.165) is 16.5 Å². The molecule has 0 aliphatic carbocycles. The molecule has 0 heterocycles. The van der Waals surface area contributed by atoms with E-state index in [2.05, 4.69) is 31.9 Å². The van der Waals surface area contributed by atoms with E-state index in [1.165, 1.54) is 0 Å². The van der Waals surface area contributed by atoms with Crippen LogP contribution >= 0.6 is 31.9 Å². The van der Waals surface area contributed by atoms with Gasteiger partial charge in [0, 0.05) is 17.4 Å². The number of nitrogens with two attached hydrogens (primary N) is 1. The minimum absolute atomic E-state index is 0.142. The van der Waals surface area contributed by atoms with Crippen molar-refractivity contribution in [2.75, 3.05) is 11.1 Å². The molecule has 0 aliphatic heterocycles. The van der Waals surface area contributed by atoms with Crippen molar-refractivity contribution < 1.29 is 4.79 Å². The summed E-state index contributed by atoms with van der Waals surface area (Å²) in [7, 11) is 0. The summed E-state index contributed by atoms with van der Waals surface area (Å²) in [5, 5.41) is 1.16.